The molecule has 5 nitrogen and oxygen atoms in total. The van der Waals surface area contributed by atoms with Crippen molar-refractivity contribution in [2.45, 2.75) is 6.42 Å². The van der Waals surface area contributed by atoms with Crippen LogP contribution in [0.5, 0.6) is 5.75 Å². The number of nitrogens with one attached hydrogen (secondary N) is 1. The van der Waals surface area contributed by atoms with Gasteiger partial charge < -0.3 is 15.0 Å². The fourth-order valence-electron chi connectivity index (χ4n) is 3.16. The van der Waals surface area contributed by atoms with E-state index in [9.17, 15) is 9.18 Å². The molecule has 1 aliphatic rings. The average Bonchev–Trinajstić information content (AvgIpc) is 2.90. The van der Waals surface area contributed by atoms with E-state index in [0.29, 0.717) is 4.47 Å². The summed E-state index contributed by atoms with van der Waals surface area (Å²) in [6, 6.07) is 12.6. The van der Waals surface area contributed by atoms with Gasteiger partial charge in [-0.2, -0.15) is 0 Å². The van der Waals surface area contributed by atoms with Gasteiger partial charge in [0, 0.05) is 36.3 Å². The molecule has 0 saturated carbocycles. The molecule has 1 saturated heterocycles. The van der Waals surface area contributed by atoms with Crippen LogP contribution < -0.4 is 15.0 Å². The number of hydrogen-bond acceptors (Lipinski definition) is 4. The van der Waals surface area contributed by atoms with Crippen LogP contribution >= 0.6 is 15.9 Å². The highest BCUT2D eigenvalue weighted by Gasteiger charge is 2.18. The standard InChI is InChI=1S/C20H23BrFN3O2/c1-27-17-6-4-16(5-7-17)25-10-2-9-24(11-12-25)14-20(26)23-19-8-3-15(21)13-18(19)22/h3-8,13H,2,9-12,14H2,1H3,(H,23,26). The lowest BCUT2D eigenvalue weighted by molar-refractivity contribution is -0.117. The normalized spacial score (nSPS) is 15.3. The lowest BCUT2D eigenvalue weighted by Crippen LogP contribution is -2.36. The number of carbonyl (C=O) groups excluding carboxylic acids is 1. The van der Waals surface area contributed by atoms with Crippen LogP contribution in [0.4, 0.5) is 15.8 Å². The molecule has 0 aromatic heterocycles. The number of amides is 1. The minimum Gasteiger partial charge on any atom is -0.497 e. The van der Waals surface area contributed by atoms with Crippen molar-refractivity contribution in [3.05, 3.63) is 52.8 Å². The molecule has 27 heavy (non-hydrogen) atoms. The molecule has 0 aliphatic carbocycles. The van der Waals surface area contributed by atoms with Gasteiger partial charge in [-0.15, -0.1) is 0 Å². The fourth-order valence-corrected chi connectivity index (χ4v) is 3.50. The van der Waals surface area contributed by atoms with Gasteiger partial charge >= 0.3 is 0 Å². The van der Waals surface area contributed by atoms with Crippen LogP contribution in [0.3, 0.4) is 0 Å². The Morgan fingerprint density at radius 2 is 1.93 bits per heavy atom. The summed E-state index contributed by atoms with van der Waals surface area (Å²) in [5.41, 5.74) is 1.36. The number of anilines is 2. The van der Waals surface area contributed by atoms with E-state index in [-0.39, 0.29) is 18.1 Å². The molecule has 7 heteroatoms. The molecule has 144 valence electrons. The third kappa shape index (κ3) is 5.43. The first-order valence-corrected chi connectivity index (χ1v) is 9.71. The predicted molar refractivity (Wildman–Crippen MR) is 109 cm³/mol. The maximum Gasteiger partial charge on any atom is 0.238 e. The summed E-state index contributed by atoms with van der Waals surface area (Å²) in [4.78, 5) is 16.7. The van der Waals surface area contributed by atoms with Crippen LogP contribution in [-0.2, 0) is 4.79 Å². The molecule has 0 unspecified atom stereocenters. The maximum absolute atomic E-state index is 13.9. The van der Waals surface area contributed by atoms with E-state index in [4.69, 9.17) is 4.74 Å². The highest BCUT2D eigenvalue weighted by Crippen LogP contribution is 2.21. The van der Waals surface area contributed by atoms with Crippen molar-refractivity contribution in [2.75, 3.05) is 50.1 Å². The third-order valence-electron chi connectivity index (χ3n) is 4.60. The Hall–Kier alpha value is -2.12. The van der Waals surface area contributed by atoms with E-state index in [1.165, 1.54) is 6.07 Å². The van der Waals surface area contributed by atoms with Crippen LogP contribution in [0.2, 0.25) is 0 Å². The zero-order valence-electron chi connectivity index (χ0n) is 15.3. The van der Waals surface area contributed by atoms with Gasteiger partial charge in [-0.05, 0) is 48.9 Å². The van der Waals surface area contributed by atoms with Gasteiger partial charge in [-0.3, -0.25) is 9.69 Å². The van der Waals surface area contributed by atoms with Crippen LogP contribution in [0.1, 0.15) is 6.42 Å². The van der Waals surface area contributed by atoms with Crippen molar-refractivity contribution in [2.24, 2.45) is 0 Å². The molecular formula is C20H23BrFN3O2. The van der Waals surface area contributed by atoms with E-state index < -0.39 is 5.82 Å². The van der Waals surface area contributed by atoms with Crippen LogP contribution in [0.25, 0.3) is 0 Å². The van der Waals surface area contributed by atoms with E-state index >= 15 is 0 Å². The zero-order chi connectivity index (χ0) is 19.2. The van der Waals surface area contributed by atoms with Crippen molar-refractivity contribution < 1.29 is 13.9 Å². The molecule has 1 aliphatic heterocycles. The highest BCUT2D eigenvalue weighted by molar-refractivity contribution is 9.10. The maximum atomic E-state index is 13.9. The van der Waals surface area contributed by atoms with E-state index in [2.05, 4.69) is 43.2 Å². The predicted octanol–water partition coefficient (Wildman–Crippen LogP) is 3.75. The summed E-state index contributed by atoms with van der Waals surface area (Å²) >= 11 is 3.21. The first-order chi connectivity index (χ1) is 13.0. The number of benzene rings is 2. The van der Waals surface area contributed by atoms with E-state index in [0.717, 1.165) is 44.0 Å². The van der Waals surface area contributed by atoms with Crippen molar-refractivity contribution >= 4 is 33.2 Å². The van der Waals surface area contributed by atoms with Gasteiger partial charge in [-0.1, -0.05) is 15.9 Å². The minimum atomic E-state index is -0.445. The van der Waals surface area contributed by atoms with Crippen LogP contribution in [0.15, 0.2) is 46.9 Å². The summed E-state index contributed by atoms with van der Waals surface area (Å²) in [5.74, 6) is 0.195. The van der Waals surface area contributed by atoms with Crippen molar-refractivity contribution in [1.82, 2.24) is 4.90 Å². The van der Waals surface area contributed by atoms with Gasteiger partial charge in [0.15, 0.2) is 0 Å². The zero-order valence-corrected chi connectivity index (χ0v) is 16.8. The fraction of sp³-hybridized carbons (Fsp3) is 0.350. The van der Waals surface area contributed by atoms with Gasteiger partial charge in [0.25, 0.3) is 0 Å². The Balaban J connectivity index is 1.53. The summed E-state index contributed by atoms with van der Waals surface area (Å²) in [6.07, 6.45) is 0.964. The highest BCUT2D eigenvalue weighted by atomic mass is 79.9. The second-order valence-corrected chi connectivity index (χ2v) is 7.40. The van der Waals surface area contributed by atoms with Gasteiger partial charge in [0.2, 0.25) is 5.91 Å². The monoisotopic (exact) mass is 435 g/mol. The number of nitrogens with zero attached hydrogens (tertiary/aromatic N) is 2. The minimum absolute atomic E-state index is 0.200. The topological polar surface area (TPSA) is 44.8 Å². The first kappa shape index (κ1) is 19.6. The van der Waals surface area contributed by atoms with Crippen molar-refractivity contribution in [3.63, 3.8) is 0 Å². The Morgan fingerprint density at radius 1 is 1.15 bits per heavy atom. The molecule has 1 N–H and O–H groups in total. The van der Waals surface area contributed by atoms with Gasteiger partial charge in [0.1, 0.15) is 11.6 Å². The molecule has 0 atom stereocenters. The van der Waals surface area contributed by atoms with Gasteiger partial charge in [0.05, 0.1) is 19.3 Å². The molecule has 1 heterocycles. The molecule has 3 rings (SSSR count). The molecule has 1 fully saturated rings. The summed E-state index contributed by atoms with van der Waals surface area (Å²) in [6.45, 7) is 3.65. The van der Waals surface area contributed by atoms with Gasteiger partial charge in [-0.25, -0.2) is 4.39 Å². The number of methoxy groups -OCH3 is 1. The smallest absolute Gasteiger partial charge is 0.238 e. The van der Waals surface area contributed by atoms with Crippen molar-refractivity contribution in [3.8, 4) is 5.75 Å². The quantitative estimate of drug-likeness (QED) is 0.776. The molecule has 1 amide bonds. The summed E-state index contributed by atoms with van der Waals surface area (Å²) in [7, 11) is 1.66. The Kier molecular flexibility index (Phi) is 6.68. The first-order valence-electron chi connectivity index (χ1n) is 8.91. The second kappa shape index (κ2) is 9.19. The number of ether oxygens (including phenoxy) is 1. The average molecular weight is 436 g/mol. The van der Waals surface area contributed by atoms with E-state index in [1.54, 1.807) is 19.2 Å². The number of hydrogen-bond donors (Lipinski definition) is 1. The van der Waals surface area contributed by atoms with Crippen molar-refractivity contribution in [1.29, 1.82) is 0 Å². The lowest BCUT2D eigenvalue weighted by Gasteiger charge is -2.23. The SMILES string of the molecule is COc1ccc(N2CCCN(CC(=O)Nc3ccc(Br)cc3F)CC2)cc1. The number of halogens is 2. The van der Waals surface area contributed by atoms with Crippen LogP contribution in [-0.4, -0.2) is 50.6 Å². The Bertz CT molecular complexity index is 785. The van der Waals surface area contributed by atoms with E-state index in [1.807, 2.05) is 12.1 Å². The van der Waals surface area contributed by atoms with Crippen LogP contribution in [0, 0.1) is 5.82 Å². The summed E-state index contributed by atoms with van der Waals surface area (Å²) < 4.78 is 19.7. The molecular weight excluding hydrogens is 413 g/mol. The molecule has 0 bridgehead atoms. The molecule has 2 aromatic carbocycles. The second-order valence-electron chi connectivity index (χ2n) is 6.49. The Labute approximate surface area is 167 Å². The largest absolute Gasteiger partial charge is 0.497 e. The summed E-state index contributed by atoms with van der Waals surface area (Å²) in [5, 5.41) is 2.66. The number of carbonyl (C=O) groups is 1. The lowest BCUT2D eigenvalue weighted by atomic mass is 10.2. The number of rotatable bonds is 5. The molecule has 2 aromatic rings. The Morgan fingerprint density at radius 3 is 2.63 bits per heavy atom. The molecule has 0 radical (unpaired) electrons. The molecule has 0 spiro atoms. The third-order valence-corrected chi connectivity index (χ3v) is 5.09.